The summed E-state index contributed by atoms with van der Waals surface area (Å²) in [5.74, 6) is 0. The van der Waals surface area contributed by atoms with Gasteiger partial charge in [-0.2, -0.15) is 5.26 Å². The Morgan fingerprint density at radius 1 is 1.61 bits per heavy atom. The first-order chi connectivity index (χ1) is 8.54. The van der Waals surface area contributed by atoms with Gasteiger partial charge in [0, 0.05) is 12.6 Å². The van der Waals surface area contributed by atoms with Crippen molar-refractivity contribution in [1.29, 1.82) is 5.26 Å². The number of benzene rings is 1. The van der Waals surface area contributed by atoms with Crippen LogP contribution in [0, 0.1) is 21.4 Å². The number of nitro groups is 1. The second-order valence-electron chi connectivity index (χ2n) is 3.20. The lowest BCUT2D eigenvalue weighted by molar-refractivity contribution is -0.384. The van der Waals surface area contributed by atoms with Crippen molar-refractivity contribution in [3.05, 3.63) is 33.9 Å². The van der Waals surface area contributed by atoms with Gasteiger partial charge in [-0.1, -0.05) is 0 Å². The third-order valence-corrected chi connectivity index (χ3v) is 1.98. The molecule has 3 N–H and O–H groups in total. The molecule has 0 fully saturated rings. The third-order valence-electron chi connectivity index (χ3n) is 1.98. The van der Waals surface area contributed by atoms with E-state index < -0.39 is 11.0 Å². The van der Waals surface area contributed by atoms with Crippen molar-refractivity contribution in [2.24, 2.45) is 5.73 Å². The first-order valence-electron chi connectivity index (χ1n) is 4.89. The maximum absolute atomic E-state index is 10.7. The van der Waals surface area contributed by atoms with Crippen LogP contribution in [-0.4, -0.2) is 24.2 Å². The number of rotatable bonds is 5. The highest BCUT2D eigenvalue weighted by molar-refractivity contribution is 5.65. The summed E-state index contributed by atoms with van der Waals surface area (Å²) in [6.07, 6.45) is -0.919. The Balaban J connectivity index is 2.75. The highest BCUT2D eigenvalue weighted by Gasteiger charge is 2.13. The van der Waals surface area contributed by atoms with Gasteiger partial charge in [0.1, 0.15) is 12.3 Å². The number of carbonyl (C=O) groups excluding carboxylic acids is 1. The molecular formula is C10H10N4O4. The number of anilines is 1. The van der Waals surface area contributed by atoms with E-state index in [4.69, 9.17) is 11.0 Å². The molecule has 0 aromatic heterocycles. The quantitative estimate of drug-likeness (QED) is 0.454. The van der Waals surface area contributed by atoms with Crippen LogP contribution in [0.2, 0.25) is 0 Å². The predicted molar refractivity (Wildman–Crippen MR) is 61.8 cm³/mol. The molecule has 18 heavy (non-hydrogen) atoms. The molecule has 1 aromatic rings. The molecule has 0 saturated heterocycles. The van der Waals surface area contributed by atoms with Crippen LogP contribution in [0.4, 0.5) is 16.2 Å². The van der Waals surface area contributed by atoms with Gasteiger partial charge in [-0.25, -0.2) is 4.79 Å². The van der Waals surface area contributed by atoms with Crippen molar-refractivity contribution < 1.29 is 14.5 Å². The van der Waals surface area contributed by atoms with Crippen LogP contribution in [-0.2, 0) is 4.74 Å². The van der Waals surface area contributed by atoms with E-state index in [0.29, 0.717) is 5.56 Å². The molecule has 0 radical (unpaired) electrons. The highest BCUT2D eigenvalue weighted by Crippen LogP contribution is 2.24. The van der Waals surface area contributed by atoms with Crippen LogP contribution in [0.15, 0.2) is 18.2 Å². The zero-order valence-corrected chi connectivity index (χ0v) is 9.25. The summed E-state index contributed by atoms with van der Waals surface area (Å²) in [5, 5.41) is 22.1. The van der Waals surface area contributed by atoms with Crippen LogP contribution in [0.25, 0.3) is 0 Å². The van der Waals surface area contributed by atoms with Gasteiger partial charge in [0.05, 0.1) is 16.6 Å². The summed E-state index contributed by atoms with van der Waals surface area (Å²) in [6.45, 7) is 0.127. The van der Waals surface area contributed by atoms with E-state index in [9.17, 15) is 14.9 Å². The SMILES string of the molecule is N#Cc1ccc([N+](=O)[O-])c(NCCOC(N)=O)c1. The van der Waals surface area contributed by atoms with Gasteiger partial charge in [-0.15, -0.1) is 0 Å². The van der Waals surface area contributed by atoms with Gasteiger partial charge in [0.2, 0.25) is 0 Å². The highest BCUT2D eigenvalue weighted by atomic mass is 16.6. The van der Waals surface area contributed by atoms with Crippen molar-refractivity contribution in [3.63, 3.8) is 0 Å². The summed E-state index contributed by atoms with van der Waals surface area (Å²) in [5.41, 5.74) is 5.07. The summed E-state index contributed by atoms with van der Waals surface area (Å²) in [4.78, 5) is 20.5. The monoisotopic (exact) mass is 250 g/mol. The van der Waals surface area contributed by atoms with Gasteiger partial charge in [0.25, 0.3) is 5.69 Å². The normalized spacial score (nSPS) is 9.28. The fourth-order valence-electron chi connectivity index (χ4n) is 1.24. The standard InChI is InChI=1S/C10H10N4O4/c11-6-7-1-2-9(14(16)17)8(5-7)13-3-4-18-10(12)15/h1-2,5,13H,3-4H2,(H2,12,15). The van der Waals surface area contributed by atoms with E-state index in [-0.39, 0.29) is 24.5 Å². The lowest BCUT2D eigenvalue weighted by atomic mass is 10.2. The molecule has 0 heterocycles. The topological polar surface area (TPSA) is 131 Å². The molecule has 8 heteroatoms. The number of amides is 1. The number of hydrogen-bond acceptors (Lipinski definition) is 6. The van der Waals surface area contributed by atoms with Gasteiger partial charge in [-0.05, 0) is 12.1 Å². The molecule has 0 bridgehead atoms. The first-order valence-corrected chi connectivity index (χ1v) is 4.89. The fourth-order valence-corrected chi connectivity index (χ4v) is 1.24. The van der Waals surface area contributed by atoms with Crippen molar-refractivity contribution >= 4 is 17.5 Å². The lowest BCUT2D eigenvalue weighted by Gasteiger charge is -2.07. The van der Waals surface area contributed by atoms with Crippen LogP contribution in [0.5, 0.6) is 0 Å². The minimum atomic E-state index is -0.919. The maximum Gasteiger partial charge on any atom is 0.404 e. The van der Waals surface area contributed by atoms with E-state index in [1.54, 1.807) is 0 Å². The largest absolute Gasteiger partial charge is 0.448 e. The smallest absolute Gasteiger partial charge is 0.404 e. The third kappa shape index (κ3) is 3.64. The van der Waals surface area contributed by atoms with E-state index in [1.165, 1.54) is 18.2 Å². The van der Waals surface area contributed by atoms with Crippen molar-refractivity contribution in [1.82, 2.24) is 0 Å². The zero-order chi connectivity index (χ0) is 13.5. The second kappa shape index (κ2) is 6.05. The molecule has 0 aliphatic heterocycles. The molecule has 0 unspecified atom stereocenters. The van der Waals surface area contributed by atoms with Crippen molar-refractivity contribution in [2.75, 3.05) is 18.5 Å². The predicted octanol–water partition coefficient (Wildman–Crippen LogP) is 0.974. The van der Waals surface area contributed by atoms with E-state index >= 15 is 0 Å². The first kappa shape index (κ1) is 13.2. The molecule has 0 aliphatic rings. The van der Waals surface area contributed by atoms with Gasteiger partial charge < -0.3 is 15.8 Å². The molecule has 1 aromatic carbocycles. The maximum atomic E-state index is 10.7. The number of primary amides is 1. The number of nitriles is 1. The number of nitrogens with zero attached hydrogens (tertiary/aromatic N) is 2. The van der Waals surface area contributed by atoms with Crippen LogP contribution >= 0.6 is 0 Å². The molecule has 1 rings (SSSR count). The molecule has 0 saturated carbocycles. The van der Waals surface area contributed by atoms with Crippen LogP contribution < -0.4 is 11.1 Å². The lowest BCUT2D eigenvalue weighted by Crippen LogP contribution is -2.18. The fraction of sp³-hybridized carbons (Fsp3) is 0.200. The molecule has 0 spiro atoms. The number of nitrogens with two attached hydrogens (primary N) is 1. The average Bonchev–Trinajstić information content (AvgIpc) is 2.33. The number of hydrogen-bond donors (Lipinski definition) is 2. The Kier molecular flexibility index (Phi) is 4.45. The van der Waals surface area contributed by atoms with E-state index in [1.807, 2.05) is 6.07 Å². The van der Waals surface area contributed by atoms with Crippen molar-refractivity contribution in [3.8, 4) is 6.07 Å². The minimum absolute atomic E-state index is 0.0245. The van der Waals surface area contributed by atoms with Gasteiger partial charge in [-0.3, -0.25) is 10.1 Å². The molecular weight excluding hydrogens is 240 g/mol. The molecule has 94 valence electrons. The summed E-state index contributed by atoms with van der Waals surface area (Å²) >= 11 is 0. The average molecular weight is 250 g/mol. The Morgan fingerprint density at radius 3 is 2.89 bits per heavy atom. The summed E-state index contributed by atoms with van der Waals surface area (Å²) < 4.78 is 4.46. The second-order valence-corrected chi connectivity index (χ2v) is 3.20. The Morgan fingerprint density at radius 2 is 2.33 bits per heavy atom. The van der Waals surface area contributed by atoms with E-state index in [2.05, 4.69) is 10.1 Å². The summed E-state index contributed by atoms with van der Waals surface area (Å²) in [6, 6.07) is 5.81. The molecule has 8 nitrogen and oxygen atoms in total. The number of nitro benzene ring substituents is 1. The van der Waals surface area contributed by atoms with Gasteiger partial charge >= 0.3 is 6.09 Å². The molecule has 0 aliphatic carbocycles. The Bertz CT molecular complexity index is 509. The molecule has 0 atom stereocenters. The van der Waals surface area contributed by atoms with Crippen molar-refractivity contribution in [2.45, 2.75) is 0 Å². The van der Waals surface area contributed by atoms with Gasteiger partial charge in [0.15, 0.2) is 0 Å². The Labute approximate surface area is 102 Å². The number of ether oxygens (including phenoxy) is 1. The number of carbonyl (C=O) groups is 1. The summed E-state index contributed by atoms with van der Waals surface area (Å²) in [7, 11) is 0. The van der Waals surface area contributed by atoms with Crippen LogP contribution in [0.3, 0.4) is 0 Å². The van der Waals surface area contributed by atoms with E-state index in [0.717, 1.165) is 0 Å². The molecule has 1 amide bonds. The van der Waals surface area contributed by atoms with Crippen LogP contribution in [0.1, 0.15) is 5.56 Å². The number of nitrogens with one attached hydrogen (secondary N) is 1. The Hall–Kier alpha value is -2.82. The zero-order valence-electron chi connectivity index (χ0n) is 9.25. The minimum Gasteiger partial charge on any atom is -0.448 e.